The molecule has 1 rings (SSSR count). The van der Waals surface area contributed by atoms with Crippen LogP contribution in [0, 0.1) is 0 Å². The van der Waals surface area contributed by atoms with Gasteiger partial charge in [0.25, 0.3) is 5.91 Å². The van der Waals surface area contributed by atoms with Crippen molar-refractivity contribution < 1.29 is 13.2 Å². The average Bonchev–Trinajstić information content (AvgIpc) is 2.44. The van der Waals surface area contributed by atoms with Gasteiger partial charge in [-0.05, 0) is 39.0 Å². The fourth-order valence-electron chi connectivity index (χ4n) is 2.04. The topological polar surface area (TPSA) is 66.5 Å². The molecule has 7 heteroatoms. The van der Waals surface area contributed by atoms with Crippen LogP contribution in [0.4, 0.5) is 0 Å². The first-order valence-electron chi connectivity index (χ1n) is 7.36. The van der Waals surface area contributed by atoms with Crippen LogP contribution < -0.4 is 4.72 Å². The van der Waals surface area contributed by atoms with Crippen LogP contribution in [0.1, 0.15) is 31.1 Å². The molecule has 0 atom stereocenters. The van der Waals surface area contributed by atoms with Crippen LogP contribution in [-0.4, -0.2) is 37.9 Å². The fraction of sp³-hybridized carbons (Fsp3) is 0.353. The van der Waals surface area contributed by atoms with E-state index in [0.29, 0.717) is 13.1 Å². The summed E-state index contributed by atoms with van der Waals surface area (Å²) < 4.78 is 27.6. The van der Waals surface area contributed by atoms with Gasteiger partial charge in [-0.3, -0.25) is 4.79 Å². The summed E-state index contributed by atoms with van der Waals surface area (Å²) in [4.78, 5) is 13.9. The van der Waals surface area contributed by atoms with Gasteiger partial charge in [0, 0.05) is 24.2 Å². The molecule has 0 radical (unpaired) electrons. The van der Waals surface area contributed by atoms with Crippen LogP contribution in [-0.2, 0) is 10.0 Å². The van der Waals surface area contributed by atoms with Crippen molar-refractivity contribution in [2.75, 3.05) is 13.1 Å². The Labute approximate surface area is 149 Å². The molecule has 0 aliphatic rings. The van der Waals surface area contributed by atoms with E-state index in [0.717, 1.165) is 0 Å². The lowest BCUT2D eigenvalue weighted by molar-refractivity contribution is 0.0790. The number of rotatable bonds is 7. The minimum absolute atomic E-state index is 0.0577. The van der Waals surface area contributed by atoms with Crippen LogP contribution in [0.5, 0.6) is 0 Å². The van der Waals surface area contributed by atoms with Gasteiger partial charge < -0.3 is 4.90 Å². The molecule has 24 heavy (non-hydrogen) atoms. The van der Waals surface area contributed by atoms with Gasteiger partial charge in [-0.15, -0.1) is 13.2 Å². The summed E-state index contributed by atoms with van der Waals surface area (Å²) in [6, 6.07) is 4.20. The van der Waals surface area contributed by atoms with Gasteiger partial charge in [0.2, 0.25) is 10.0 Å². The molecule has 1 aromatic carbocycles. The molecule has 0 aliphatic carbocycles. The lowest BCUT2D eigenvalue weighted by atomic mass is 10.1. The Morgan fingerprint density at radius 3 is 2.25 bits per heavy atom. The molecule has 5 nitrogen and oxygen atoms in total. The van der Waals surface area contributed by atoms with Crippen molar-refractivity contribution in [1.29, 1.82) is 0 Å². The summed E-state index contributed by atoms with van der Waals surface area (Å²) in [5, 5.41) is 0.0577. The Hall–Kier alpha value is -1.63. The lowest BCUT2D eigenvalue weighted by Gasteiger charge is -2.22. The Morgan fingerprint density at radius 1 is 1.25 bits per heavy atom. The molecule has 0 saturated heterocycles. The SMILES string of the molecule is C=CCN(CC=C)C(=O)c1ccc(Cl)c(S(=O)(=O)NC(C)(C)C)c1. The lowest BCUT2D eigenvalue weighted by Crippen LogP contribution is -2.40. The monoisotopic (exact) mass is 370 g/mol. The number of sulfonamides is 1. The van der Waals surface area contributed by atoms with E-state index in [4.69, 9.17) is 11.6 Å². The van der Waals surface area contributed by atoms with Gasteiger partial charge in [0.05, 0.1) is 5.02 Å². The first kappa shape index (κ1) is 20.4. The van der Waals surface area contributed by atoms with Crippen molar-refractivity contribution in [2.45, 2.75) is 31.2 Å². The molecule has 0 fully saturated rings. The molecular formula is C17H23ClN2O3S. The number of nitrogens with one attached hydrogen (secondary N) is 1. The molecule has 1 amide bonds. The predicted octanol–water partition coefficient (Wildman–Crippen LogP) is 3.23. The second-order valence-electron chi connectivity index (χ2n) is 6.29. The molecule has 132 valence electrons. The third-order valence-corrected chi connectivity index (χ3v) is 5.13. The van der Waals surface area contributed by atoms with E-state index < -0.39 is 15.6 Å². The van der Waals surface area contributed by atoms with E-state index in [-0.39, 0.29) is 21.4 Å². The van der Waals surface area contributed by atoms with E-state index in [1.165, 1.54) is 23.1 Å². The Bertz CT molecular complexity index is 727. The number of nitrogens with zero attached hydrogens (tertiary/aromatic N) is 1. The van der Waals surface area contributed by atoms with Gasteiger partial charge in [0.1, 0.15) is 4.90 Å². The van der Waals surface area contributed by atoms with Gasteiger partial charge in [-0.1, -0.05) is 23.8 Å². The zero-order valence-electron chi connectivity index (χ0n) is 14.2. The van der Waals surface area contributed by atoms with E-state index in [1.807, 2.05) is 0 Å². The molecule has 0 heterocycles. The summed E-state index contributed by atoms with van der Waals surface area (Å²) in [6.07, 6.45) is 3.19. The van der Waals surface area contributed by atoms with Crippen molar-refractivity contribution in [3.63, 3.8) is 0 Å². The summed E-state index contributed by atoms with van der Waals surface area (Å²) >= 11 is 6.04. The number of hydrogen-bond donors (Lipinski definition) is 1. The maximum atomic E-state index is 12.6. The van der Waals surface area contributed by atoms with Crippen LogP contribution in [0.15, 0.2) is 48.4 Å². The van der Waals surface area contributed by atoms with Gasteiger partial charge >= 0.3 is 0 Å². The van der Waals surface area contributed by atoms with Crippen molar-refractivity contribution in [2.24, 2.45) is 0 Å². The highest BCUT2D eigenvalue weighted by Gasteiger charge is 2.26. The number of benzene rings is 1. The molecule has 0 bridgehead atoms. The standard InChI is InChI=1S/C17H23ClN2O3S/c1-6-10-20(11-7-2)16(21)13-8-9-14(18)15(12-13)24(22,23)19-17(3,4)5/h6-9,12,19H,1-2,10-11H2,3-5H3. The van der Waals surface area contributed by atoms with Crippen LogP contribution >= 0.6 is 11.6 Å². The number of hydrogen-bond acceptors (Lipinski definition) is 3. The molecular weight excluding hydrogens is 348 g/mol. The number of carbonyl (C=O) groups is 1. The minimum Gasteiger partial charge on any atom is -0.331 e. The summed E-state index contributed by atoms with van der Waals surface area (Å²) in [7, 11) is -3.85. The zero-order valence-corrected chi connectivity index (χ0v) is 15.7. The summed E-state index contributed by atoms with van der Waals surface area (Å²) in [5.74, 6) is -0.321. The Balaban J connectivity index is 3.29. The molecule has 1 N–H and O–H groups in total. The summed E-state index contributed by atoms with van der Waals surface area (Å²) in [5.41, 5.74) is -0.433. The third-order valence-electron chi connectivity index (χ3n) is 2.89. The van der Waals surface area contributed by atoms with Crippen molar-refractivity contribution in [1.82, 2.24) is 9.62 Å². The quantitative estimate of drug-likeness (QED) is 0.749. The Morgan fingerprint density at radius 2 is 1.79 bits per heavy atom. The van der Waals surface area contributed by atoms with E-state index in [9.17, 15) is 13.2 Å². The maximum absolute atomic E-state index is 12.6. The molecule has 0 aliphatic heterocycles. The predicted molar refractivity (Wildman–Crippen MR) is 97.8 cm³/mol. The van der Waals surface area contributed by atoms with Crippen molar-refractivity contribution in [3.8, 4) is 0 Å². The third kappa shape index (κ3) is 5.47. The first-order valence-corrected chi connectivity index (χ1v) is 9.22. The minimum atomic E-state index is -3.85. The van der Waals surface area contributed by atoms with Crippen LogP contribution in [0.25, 0.3) is 0 Å². The fourth-order valence-corrected chi connectivity index (χ4v) is 3.98. The van der Waals surface area contributed by atoms with E-state index >= 15 is 0 Å². The van der Waals surface area contributed by atoms with Gasteiger partial charge in [-0.2, -0.15) is 0 Å². The highest BCUT2D eigenvalue weighted by atomic mass is 35.5. The molecule has 0 spiro atoms. The highest BCUT2D eigenvalue weighted by Crippen LogP contribution is 2.24. The number of amides is 1. The van der Waals surface area contributed by atoms with Gasteiger partial charge in [-0.25, -0.2) is 13.1 Å². The van der Waals surface area contributed by atoms with Crippen molar-refractivity contribution in [3.05, 3.63) is 54.1 Å². The van der Waals surface area contributed by atoms with Crippen LogP contribution in [0.3, 0.4) is 0 Å². The molecule has 0 aromatic heterocycles. The molecule has 0 unspecified atom stereocenters. The van der Waals surface area contributed by atoms with Gasteiger partial charge in [0.15, 0.2) is 0 Å². The average molecular weight is 371 g/mol. The second kappa shape index (κ2) is 7.96. The van der Waals surface area contributed by atoms with Crippen molar-refractivity contribution >= 4 is 27.5 Å². The number of carbonyl (C=O) groups excluding carboxylic acids is 1. The van der Waals surface area contributed by atoms with E-state index in [2.05, 4.69) is 17.9 Å². The first-order chi connectivity index (χ1) is 11.0. The zero-order chi connectivity index (χ0) is 18.5. The normalized spacial score (nSPS) is 11.8. The molecule has 1 aromatic rings. The second-order valence-corrected chi connectivity index (χ2v) is 8.35. The van der Waals surface area contributed by atoms with Crippen LogP contribution in [0.2, 0.25) is 5.02 Å². The van der Waals surface area contributed by atoms with E-state index in [1.54, 1.807) is 32.9 Å². The molecule has 0 saturated carbocycles. The highest BCUT2D eigenvalue weighted by molar-refractivity contribution is 7.89. The smallest absolute Gasteiger partial charge is 0.254 e. The largest absolute Gasteiger partial charge is 0.331 e. The summed E-state index contributed by atoms with van der Waals surface area (Å²) in [6.45, 7) is 13.1. The maximum Gasteiger partial charge on any atom is 0.254 e. The number of halogens is 1. The Kier molecular flexibility index (Phi) is 6.77.